The third-order valence-corrected chi connectivity index (χ3v) is 2.21. The molecule has 0 aliphatic carbocycles. The number of hydrogen-bond donors (Lipinski definition) is 1. The van der Waals surface area contributed by atoms with Crippen LogP contribution in [-0.4, -0.2) is 22.7 Å². The number of pyridine rings is 1. The SMILES string of the molecule is CCOC(=O)Cc1nccc(Br)c1O. The molecule has 0 radical (unpaired) electrons. The number of halogens is 1. The molecule has 0 fully saturated rings. The number of nitrogens with zero attached hydrogens (tertiary/aromatic N) is 1. The zero-order valence-corrected chi connectivity index (χ0v) is 9.24. The average molecular weight is 260 g/mol. The Balaban J connectivity index is 2.76. The Labute approximate surface area is 90.0 Å². The van der Waals surface area contributed by atoms with Crippen LogP contribution in [0.4, 0.5) is 0 Å². The number of carbonyl (C=O) groups is 1. The summed E-state index contributed by atoms with van der Waals surface area (Å²) in [5.74, 6) is -0.408. The van der Waals surface area contributed by atoms with Crippen molar-refractivity contribution in [3.63, 3.8) is 0 Å². The summed E-state index contributed by atoms with van der Waals surface area (Å²) >= 11 is 3.13. The first-order valence-electron chi connectivity index (χ1n) is 4.13. The molecular weight excluding hydrogens is 250 g/mol. The van der Waals surface area contributed by atoms with E-state index in [1.807, 2.05) is 0 Å². The maximum atomic E-state index is 11.1. The zero-order valence-electron chi connectivity index (χ0n) is 7.66. The van der Waals surface area contributed by atoms with Crippen LogP contribution >= 0.6 is 15.9 Å². The highest BCUT2D eigenvalue weighted by Gasteiger charge is 2.11. The van der Waals surface area contributed by atoms with Crippen LogP contribution in [0.15, 0.2) is 16.7 Å². The lowest BCUT2D eigenvalue weighted by Gasteiger charge is -2.04. The molecule has 1 N–H and O–H groups in total. The van der Waals surface area contributed by atoms with Crippen LogP contribution in [0.5, 0.6) is 5.75 Å². The van der Waals surface area contributed by atoms with Crippen LogP contribution in [0.3, 0.4) is 0 Å². The summed E-state index contributed by atoms with van der Waals surface area (Å²) in [6.45, 7) is 2.06. The molecule has 1 aromatic heterocycles. The zero-order chi connectivity index (χ0) is 10.6. The molecule has 4 nitrogen and oxygen atoms in total. The van der Waals surface area contributed by atoms with Gasteiger partial charge in [0.25, 0.3) is 0 Å². The van der Waals surface area contributed by atoms with E-state index in [2.05, 4.69) is 20.9 Å². The number of hydrogen-bond acceptors (Lipinski definition) is 4. The highest BCUT2D eigenvalue weighted by molar-refractivity contribution is 9.10. The highest BCUT2D eigenvalue weighted by atomic mass is 79.9. The molecule has 0 bridgehead atoms. The van der Waals surface area contributed by atoms with Crippen LogP contribution in [0.25, 0.3) is 0 Å². The molecule has 0 amide bonds. The Morgan fingerprint density at radius 1 is 1.71 bits per heavy atom. The van der Waals surface area contributed by atoms with E-state index in [-0.39, 0.29) is 12.2 Å². The third-order valence-electron chi connectivity index (χ3n) is 1.57. The molecule has 5 heteroatoms. The van der Waals surface area contributed by atoms with Gasteiger partial charge in [0.05, 0.1) is 23.2 Å². The number of aromatic nitrogens is 1. The van der Waals surface area contributed by atoms with Gasteiger partial charge in [-0.3, -0.25) is 9.78 Å². The molecule has 1 aromatic rings. The summed E-state index contributed by atoms with van der Waals surface area (Å²) in [7, 11) is 0. The van der Waals surface area contributed by atoms with Gasteiger partial charge in [-0.2, -0.15) is 0 Å². The van der Waals surface area contributed by atoms with Crippen molar-refractivity contribution in [3.8, 4) is 5.75 Å². The summed E-state index contributed by atoms with van der Waals surface area (Å²) in [6.07, 6.45) is 1.50. The number of esters is 1. The van der Waals surface area contributed by atoms with Crippen LogP contribution in [0, 0.1) is 0 Å². The first kappa shape index (κ1) is 11.0. The summed E-state index contributed by atoms with van der Waals surface area (Å²) < 4.78 is 5.26. The van der Waals surface area contributed by atoms with Gasteiger partial charge in [0.1, 0.15) is 0 Å². The highest BCUT2D eigenvalue weighted by Crippen LogP contribution is 2.25. The Morgan fingerprint density at radius 3 is 3.07 bits per heavy atom. The maximum Gasteiger partial charge on any atom is 0.312 e. The van der Waals surface area contributed by atoms with Gasteiger partial charge >= 0.3 is 5.97 Å². The average Bonchev–Trinajstić information content (AvgIpc) is 2.13. The molecule has 0 aliphatic heterocycles. The minimum atomic E-state index is -0.395. The Hall–Kier alpha value is -1.10. The molecule has 0 saturated carbocycles. The maximum absolute atomic E-state index is 11.1. The lowest BCUT2D eigenvalue weighted by molar-refractivity contribution is -0.142. The van der Waals surface area contributed by atoms with Crippen molar-refractivity contribution in [2.75, 3.05) is 6.61 Å². The summed E-state index contributed by atoms with van der Waals surface area (Å²) in [5.41, 5.74) is 0.317. The summed E-state index contributed by atoms with van der Waals surface area (Å²) in [4.78, 5) is 15.0. The first-order valence-corrected chi connectivity index (χ1v) is 4.92. The van der Waals surface area contributed by atoms with Crippen molar-refractivity contribution in [2.45, 2.75) is 13.3 Å². The van der Waals surface area contributed by atoms with E-state index in [0.29, 0.717) is 16.8 Å². The van der Waals surface area contributed by atoms with Crippen molar-refractivity contribution in [3.05, 3.63) is 22.4 Å². The van der Waals surface area contributed by atoms with E-state index in [0.717, 1.165) is 0 Å². The Kier molecular flexibility index (Phi) is 3.88. The van der Waals surface area contributed by atoms with Crippen LogP contribution in [0.2, 0.25) is 0 Å². The van der Waals surface area contributed by atoms with Crippen molar-refractivity contribution < 1.29 is 14.6 Å². The van der Waals surface area contributed by atoms with Crippen molar-refractivity contribution in [2.24, 2.45) is 0 Å². The van der Waals surface area contributed by atoms with Gasteiger partial charge in [-0.25, -0.2) is 0 Å². The molecule has 0 spiro atoms. The molecule has 0 aromatic carbocycles. The second-order valence-corrected chi connectivity index (χ2v) is 3.42. The predicted octanol–water partition coefficient (Wildman–Crippen LogP) is 1.66. The fraction of sp³-hybridized carbons (Fsp3) is 0.333. The predicted molar refractivity (Wildman–Crippen MR) is 53.9 cm³/mol. The van der Waals surface area contributed by atoms with E-state index < -0.39 is 5.97 Å². The van der Waals surface area contributed by atoms with E-state index in [4.69, 9.17) is 4.74 Å². The molecule has 0 aliphatic rings. The lowest BCUT2D eigenvalue weighted by Crippen LogP contribution is -2.08. The van der Waals surface area contributed by atoms with Gasteiger partial charge < -0.3 is 9.84 Å². The number of carbonyl (C=O) groups excluding carboxylic acids is 1. The Bertz CT molecular complexity index is 341. The minimum absolute atomic E-state index is 0.0134. The van der Waals surface area contributed by atoms with Crippen molar-refractivity contribution >= 4 is 21.9 Å². The van der Waals surface area contributed by atoms with Gasteiger partial charge in [0.2, 0.25) is 0 Å². The standard InChI is InChI=1S/C9H10BrNO3/c1-2-14-8(12)5-7-9(13)6(10)3-4-11-7/h3-4,13H,2,5H2,1H3. The van der Waals surface area contributed by atoms with Crippen LogP contribution < -0.4 is 0 Å². The lowest BCUT2D eigenvalue weighted by atomic mass is 10.2. The summed E-state index contributed by atoms with van der Waals surface area (Å²) in [5, 5.41) is 9.50. The molecule has 0 saturated heterocycles. The summed E-state index contributed by atoms with van der Waals surface area (Å²) in [6, 6.07) is 1.60. The van der Waals surface area contributed by atoms with Crippen molar-refractivity contribution in [1.82, 2.24) is 4.98 Å². The van der Waals surface area contributed by atoms with Gasteiger partial charge in [0, 0.05) is 6.20 Å². The van der Waals surface area contributed by atoms with E-state index in [1.54, 1.807) is 13.0 Å². The molecular formula is C9H10BrNO3. The van der Waals surface area contributed by atoms with Gasteiger partial charge in [-0.15, -0.1) is 0 Å². The molecule has 76 valence electrons. The van der Waals surface area contributed by atoms with Gasteiger partial charge in [0.15, 0.2) is 5.75 Å². The van der Waals surface area contributed by atoms with Crippen molar-refractivity contribution in [1.29, 1.82) is 0 Å². The van der Waals surface area contributed by atoms with Gasteiger partial charge in [-0.1, -0.05) is 0 Å². The van der Waals surface area contributed by atoms with Gasteiger partial charge in [-0.05, 0) is 28.9 Å². The largest absolute Gasteiger partial charge is 0.505 e. The molecule has 14 heavy (non-hydrogen) atoms. The molecule has 0 atom stereocenters. The fourth-order valence-corrected chi connectivity index (χ4v) is 1.30. The minimum Gasteiger partial charge on any atom is -0.505 e. The second kappa shape index (κ2) is 4.95. The van der Waals surface area contributed by atoms with Crippen LogP contribution in [0.1, 0.15) is 12.6 Å². The number of ether oxygens (including phenoxy) is 1. The number of rotatable bonds is 3. The second-order valence-electron chi connectivity index (χ2n) is 2.57. The topological polar surface area (TPSA) is 59.4 Å². The molecule has 1 rings (SSSR count). The smallest absolute Gasteiger partial charge is 0.312 e. The third kappa shape index (κ3) is 2.70. The van der Waals surface area contributed by atoms with E-state index in [9.17, 15) is 9.90 Å². The van der Waals surface area contributed by atoms with E-state index >= 15 is 0 Å². The fourth-order valence-electron chi connectivity index (χ4n) is 0.949. The normalized spacial score (nSPS) is 9.86. The number of aromatic hydroxyl groups is 1. The monoisotopic (exact) mass is 259 g/mol. The molecule has 1 heterocycles. The van der Waals surface area contributed by atoms with Crippen LogP contribution in [-0.2, 0) is 16.0 Å². The Morgan fingerprint density at radius 2 is 2.43 bits per heavy atom. The quantitative estimate of drug-likeness (QED) is 0.839. The van der Waals surface area contributed by atoms with E-state index in [1.165, 1.54) is 6.20 Å². The first-order chi connectivity index (χ1) is 6.65. The molecule has 0 unspecified atom stereocenters.